The highest BCUT2D eigenvalue weighted by Crippen LogP contribution is 2.33. The number of carbonyl (C=O) groups is 1. The molecule has 4 rings (SSSR count). The van der Waals surface area contributed by atoms with Gasteiger partial charge in [-0.3, -0.25) is 13.7 Å². The molecule has 0 aliphatic carbocycles. The van der Waals surface area contributed by atoms with Gasteiger partial charge in [0, 0.05) is 0 Å². The van der Waals surface area contributed by atoms with Crippen molar-refractivity contribution in [1.82, 2.24) is 0 Å². The van der Waals surface area contributed by atoms with Gasteiger partial charge in [-0.2, -0.15) is 40.6 Å². The Kier molecular flexibility index (Phi) is 9.80. The van der Waals surface area contributed by atoms with Gasteiger partial charge in [-0.15, -0.1) is 5.11 Å². The number of phenols is 1. The molecular formula is C28H22N4O12S3. The molecule has 0 aliphatic rings. The lowest BCUT2D eigenvalue weighted by Crippen LogP contribution is -2.02. The predicted molar refractivity (Wildman–Crippen MR) is 166 cm³/mol. The Bertz CT molecular complexity index is 2340. The molecule has 0 atom stereocenters. The van der Waals surface area contributed by atoms with Crippen LogP contribution in [-0.2, 0) is 30.4 Å². The minimum Gasteiger partial charge on any atom is -0.507 e. The number of hydrogen-bond acceptors (Lipinski definition) is 12. The number of benzene rings is 4. The van der Waals surface area contributed by atoms with E-state index in [1.807, 2.05) is 0 Å². The molecule has 0 saturated heterocycles. The number of carboxylic acids is 1. The van der Waals surface area contributed by atoms with E-state index in [4.69, 9.17) is 5.11 Å². The predicted octanol–water partition coefficient (Wildman–Crippen LogP) is 6.14. The standard InChI is InChI=1S/C28H22N4O12S3/c1-16-2-3-17(25(12-16)45(36,37)38)4-5-18-6-7-20(14-26(18)46(39,40)41)29-30-21-8-10-23(27(15-21)47(42,43)44)32-31-19-9-11-24(33)22(13-19)28(34)35/h2-15,33H,1H3,(H,34,35)(H,36,37,38)(H,39,40,41)(H,42,43,44)/b5-4+,30-29?,32-31?. The molecule has 0 unspecified atom stereocenters. The maximum Gasteiger partial charge on any atom is 0.339 e. The van der Waals surface area contributed by atoms with Crippen molar-refractivity contribution < 1.29 is 53.9 Å². The van der Waals surface area contributed by atoms with Crippen LogP contribution in [0, 0.1) is 6.92 Å². The van der Waals surface area contributed by atoms with Gasteiger partial charge >= 0.3 is 5.97 Å². The molecular weight excluding hydrogens is 681 g/mol. The fourth-order valence-electron chi connectivity index (χ4n) is 3.97. The highest BCUT2D eigenvalue weighted by atomic mass is 32.2. The van der Waals surface area contributed by atoms with Crippen LogP contribution in [0.3, 0.4) is 0 Å². The Labute approximate surface area is 267 Å². The first-order valence-electron chi connectivity index (χ1n) is 12.7. The van der Waals surface area contributed by atoms with Crippen molar-refractivity contribution in [2.75, 3.05) is 0 Å². The molecule has 0 spiro atoms. The van der Waals surface area contributed by atoms with Gasteiger partial charge in [0.25, 0.3) is 30.4 Å². The van der Waals surface area contributed by atoms with Gasteiger partial charge in [0.2, 0.25) is 0 Å². The summed E-state index contributed by atoms with van der Waals surface area (Å²) in [7, 11) is -14.4. The van der Waals surface area contributed by atoms with Gasteiger partial charge in [0.15, 0.2) is 0 Å². The molecule has 4 aromatic rings. The smallest absolute Gasteiger partial charge is 0.339 e. The number of carboxylic acid groups (broad SMARTS) is 1. The van der Waals surface area contributed by atoms with E-state index in [2.05, 4.69) is 20.5 Å². The Hall–Kier alpha value is -5.18. The first kappa shape index (κ1) is 34.7. The van der Waals surface area contributed by atoms with Crippen LogP contribution >= 0.6 is 0 Å². The van der Waals surface area contributed by atoms with E-state index in [0.717, 1.165) is 30.3 Å². The number of nitrogens with zero attached hydrogens (tertiary/aromatic N) is 4. The maximum atomic E-state index is 12.1. The molecule has 244 valence electrons. The van der Waals surface area contributed by atoms with Crippen LogP contribution in [0.5, 0.6) is 5.75 Å². The average molecular weight is 703 g/mol. The number of aryl methyl sites for hydroxylation is 1. The van der Waals surface area contributed by atoms with Crippen LogP contribution in [0.1, 0.15) is 27.0 Å². The third kappa shape index (κ3) is 8.76. The topological polar surface area (TPSA) is 270 Å². The molecule has 0 saturated carbocycles. The van der Waals surface area contributed by atoms with Crippen molar-refractivity contribution in [3.05, 3.63) is 95.1 Å². The van der Waals surface area contributed by atoms with Crippen molar-refractivity contribution in [3.8, 4) is 5.75 Å². The summed E-state index contributed by atoms with van der Waals surface area (Å²) < 4.78 is 101. The van der Waals surface area contributed by atoms with E-state index in [-0.39, 0.29) is 33.9 Å². The van der Waals surface area contributed by atoms with Gasteiger partial charge in [0.05, 0.1) is 17.1 Å². The molecule has 0 aliphatic heterocycles. The lowest BCUT2D eigenvalue weighted by atomic mass is 10.1. The zero-order valence-corrected chi connectivity index (χ0v) is 26.1. The Morgan fingerprint density at radius 1 is 0.596 bits per heavy atom. The fourth-order valence-corrected chi connectivity index (χ4v) is 6.08. The normalized spacial score (nSPS) is 12.8. The molecule has 0 fully saturated rings. The Morgan fingerprint density at radius 3 is 1.60 bits per heavy atom. The lowest BCUT2D eigenvalue weighted by molar-refractivity contribution is 0.0693. The second-order valence-electron chi connectivity index (χ2n) is 9.58. The first-order valence-corrected chi connectivity index (χ1v) is 17.0. The van der Waals surface area contributed by atoms with Crippen LogP contribution < -0.4 is 0 Å². The quantitative estimate of drug-likeness (QED) is 0.0708. The largest absolute Gasteiger partial charge is 0.507 e. The number of aromatic carboxylic acids is 1. The molecule has 0 aromatic heterocycles. The summed E-state index contributed by atoms with van der Waals surface area (Å²) in [5.41, 5.74) is -0.689. The van der Waals surface area contributed by atoms with Crippen LogP contribution in [0.25, 0.3) is 12.2 Å². The second-order valence-corrected chi connectivity index (χ2v) is 13.8. The van der Waals surface area contributed by atoms with Crippen LogP contribution in [0.15, 0.2) is 108 Å². The molecule has 0 radical (unpaired) electrons. The first-order chi connectivity index (χ1) is 21.8. The third-order valence-corrected chi connectivity index (χ3v) is 8.85. The Balaban J connectivity index is 1.67. The fraction of sp³-hybridized carbons (Fsp3) is 0.0357. The molecule has 0 amide bonds. The lowest BCUT2D eigenvalue weighted by Gasteiger charge is -2.06. The minimum atomic E-state index is -4.91. The van der Waals surface area contributed by atoms with Gasteiger partial charge in [-0.25, -0.2) is 4.79 Å². The van der Waals surface area contributed by atoms with E-state index in [1.54, 1.807) is 13.0 Å². The number of rotatable bonds is 10. The van der Waals surface area contributed by atoms with Crippen molar-refractivity contribution in [2.24, 2.45) is 20.5 Å². The summed E-state index contributed by atoms with van der Waals surface area (Å²) in [6.07, 6.45) is 2.41. The zero-order valence-electron chi connectivity index (χ0n) is 23.7. The molecule has 0 bridgehead atoms. The molecule has 0 heterocycles. The van der Waals surface area contributed by atoms with Crippen molar-refractivity contribution >= 4 is 71.2 Å². The zero-order chi connectivity index (χ0) is 34.7. The van der Waals surface area contributed by atoms with Gasteiger partial charge < -0.3 is 10.2 Å². The number of azo groups is 2. The van der Waals surface area contributed by atoms with Crippen molar-refractivity contribution in [1.29, 1.82) is 0 Å². The molecule has 47 heavy (non-hydrogen) atoms. The van der Waals surface area contributed by atoms with Gasteiger partial charge in [-0.1, -0.05) is 30.4 Å². The van der Waals surface area contributed by atoms with Crippen molar-refractivity contribution in [3.63, 3.8) is 0 Å². The number of hydrogen-bond donors (Lipinski definition) is 5. The summed E-state index contributed by atoms with van der Waals surface area (Å²) in [6, 6.07) is 14.1. The molecule has 5 N–H and O–H groups in total. The summed E-state index contributed by atoms with van der Waals surface area (Å²) >= 11 is 0. The number of aromatic hydroxyl groups is 1. The molecule has 16 nitrogen and oxygen atoms in total. The monoisotopic (exact) mass is 702 g/mol. The molecule has 19 heteroatoms. The van der Waals surface area contributed by atoms with Gasteiger partial charge in [-0.05, 0) is 78.2 Å². The van der Waals surface area contributed by atoms with E-state index >= 15 is 0 Å². The SMILES string of the molecule is Cc1ccc(/C=C/c2ccc(N=Nc3ccc(N=Nc4ccc(O)c(C(=O)O)c4)c(S(=O)(=O)O)c3)cc2S(=O)(=O)O)c(S(=O)(=O)O)c1. The highest BCUT2D eigenvalue weighted by Gasteiger charge is 2.19. The Morgan fingerprint density at radius 2 is 1.04 bits per heavy atom. The van der Waals surface area contributed by atoms with Crippen LogP contribution in [-0.4, -0.2) is 55.1 Å². The summed E-state index contributed by atoms with van der Waals surface area (Å²) in [5, 5.41) is 33.9. The summed E-state index contributed by atoms with van der Waals surface area (Å²) in [6.45, 7) is 1.61. The third-order valence-electron chi connectivity index (χ3n) is 6.15. The summed E-state index contributed by atoms with van der Waals surface area (Å²) in [4.78, 5) is 9.40. The maximum absolute atomic E-state index is 12.1. The van der Waals surface area contributed by atoms with E-state index < -0.39 is 62.3 Å². The van der Waals surface area contributed by atoms with Crippen LogP contribution in [0.2, 0.25) is 0 Å². The average Bonchev–Trinajstić information content (AvgIpc) is 2.97. The van der Waals surface area contributed by atoms with E-state index in [0.29, 0.717) is 5.56 Å². The van der Waals surface area contributed by atoms with Crippen LogP contribution in [0.4, 0.5) is 22.7 Å². The molecule has 4 aromatic carbocycles. The van der Waals surface area contributed by atoms with E-state index in [9.17, 15) is 48.8 Å². The summed E-state index contributed by atoms with van der Waals surface area (Å²) in [5.74, 6) is -1.98. The van der Waals surface area contributed by atoms with Crippen molar-refractivity contribution in [2.45, 2.75) is 21.6 Å². The van der Waals surface area contributed by atoms with E-state index in [1.165, 1.54) is 48.6 Å². The minimum absolute atomic E-state index is 0.0360. The second kappa shape index (κ2) is 13.3. The highest BCUT2D eigenvalue weighted by molar-refractivity contribution is 7.86. The van der Waals surface area contributed by atoms with Gasteiger partial charge in [0.1, 0.15) is 31.7 Å².